The zero-order chi connectivity index (χ0) is 13.7. The van der Waals surface area contributed by atoms with E-state index >= 15 is 0 Å². The molecule has 0 aromatic carbocycles. The summed E-state index contributed by atoms with van der Waals surface area (Å²) in [4.78, 5) is 28.7. The van der Waals surface area contributed by atoms with Gasteiger partial charge in [0.25, 0.3) is 5.91 Å². The van der Waals surface area contributed by atoms with Gasteiger partial charge in [-0.05, 0) is 31.4 Å². The van der Waals surface area contributed by atoms with Crippen LogP contribution in [0.4, 0.5) is 5.69 Å². The molecule has 0 radical (unpaired) electrons. The van der Waals surface area contributed by atoms with Crippen molar-refractivity contribution in [2.45, 2.75) is 19.3 Å². The third-order valence-electron chi connectivity index (χ3n) is 3.16. The number of likely N-dealkylation sites (tertiary alicyclic amines) is 1. The summed E-state index contributed by atoms with van der Waals surface area (Å²) in [5, 5.41) is 3.00. The highest BCUT2D eigenvalue weighted by Crippen LogP contribution is 2.10. The van der Waals surface area contributed by atoms with Crippen LogP contribution in [0.2, 0.25) is 0 Å². The number of nitrogens with one attached hydrogen (secondary N) is 1. The summed E-state index contributed by atoms with van der Waals surface area (Å²) in [6.45, 7) is 1.90. The first-order valence-electron chi connectivity index (χ1n) is 6.44. The molecule has 0 atom stereocenters. The molecule has 1 saturated heterocycles. The van der Waals surface area contributed by atoms with E-state index in [9.17, 15) is 9.59 Å². The molecule has 1 aliphatic heterocycles. The molecule has 0 unspecified atom stereocenters. The molecule has 2 heterocycles. The predicted octanol–water partition coefficient (Wildman–Crippen LogP) is 0.605. The summed E-state index contributed by atoms with van der Waals surface area (Å²) < 4.78 is 0. The molecule has 1 aromatic rings. The van der Waals surface area contributed by atoms with E-state index in [2.05, 4.69) is 10.3 Å². The Hall–Kier alpha value is -2.11. The molecular formula is C13H18N4O2. The van der Waals surface area contributed by atoms with Crippen LogP contribution >= 0.6 is 0 Å². The van der Waals surface area contributed by atoms with Gasteiger partial charge in [-0.3, -0.25) is 14.6 Å². The molecule has 6 heteroatoms. The highest BCUT2D eigenvalue weighted by molar-refractivity contribution is 5.91. The number of piperidine rings is 1. The fourth-order valence-electron chi connectivity index (χ4n) is 2.11. The van der Waals surface area contributed by atoms with Gasteiger partial charge in [-0.25, -0.2) is 0 Å². The summed E-state index contributed by atoms with van der Waals surface area (Å²) in [6, 6.07) is 3.25. The molecule has 3 N–H and O–H groups in total. The molecule has 0 spiro atoms. The number of anilines is 1. The number of rotatable bonds is 4. The molecule has 102 valence electrons. The van der Waals surface area contributed by atoms with Gasteiger partial charge in [-0.15, -0.1) is 0 Å². The molecule has 19 heavy (non-hydrogen) atoms. The first-order chi connectivity index (χ1) is 9.16. The number of aromatic nitrogens is 1. The maximum atomic E-state index is 11.9. The van der Waals surface area contributed by atoms with Crippen LogP contribution in [-0.2, 0) is 4.79 Å². The minimum Gasteiger partial charge on any atom is -0.376 e. The highest BCUT2D eigenvalue weighted by atomic mass is 16.2. The summed E-state index contributed by atoms with van der Waals surface area (Å²) in [5.41, 5.74) is 6.02. The number of nitrogens with zero attached hydrogens (tertiary/aromatic N) is 2. The van der Waals surface area contributed by atoms with Gasteiger partial charge in [0.05, 0.1) is 6.54 Å². The summed E-state index contributed by atoms with van der Waals surface area (Å²) in [6.07, 6.45) is 4.84. The summed E-state index contributed by atoms with van der Waals surface area (Å²) in [5.74, 6) is -0.497. The maximum Gasteiger partial charge on any atom is 0.267 e. The van der Waals surface area contributed by atoms with Crippen LogP contribution in [0.3, 0.4) is 0 Å². The lowest BCUT2D eigenvalue weighted by Gasteiger charge is -2.26. The average Bonchev–Trinajstić information content (AvgIpc) is 2.46. The number of hydrogen-bond acceptors (Lipinski definition) is 4. The summed E-state index contributed by atoms with van der Waals surface area (Å²) in [7, 11) is 0. The Kier molecular flexibility index (Phi) is 4.33. The second-order valence-electron chi connectivity index (χ2n) is 4.59. The van der Waals surface area contributed by atoms with Crippen molar-refractivity contribution in [1.82, 2.24) is 9.88 Å². The van der Waals surface area contributed by atoms with Crippen molar-refractivity contribution in [3.63, 3.8) is 0 Å². The largest absolute Gasteiger partial charge is 0.376 e. The molecule has 0 saturated carbocycles. The number of carbonyl (C=O) groups is 2. The van der Waals surface area contributed by atoms with E-state index < -0.39 is 5.91 Å². The fraction of sp³-hybridized carbons (Fsp3) is 0.462. The maximum absolute atomic E-state index is 11.9. The second kappa shape index (κ2) is 6.17. The van der Waals surface area contributed by atoms with E-state index in [-0.39, 0.29) is 18.1 Å². The van der Waals surface area contributed by atoms with Crippen LogP contribution in [-0.4, -0.2) is 41.3 Å². The predicted molar refractivity (Wildman–Crippen MR) is 71.7 cm³/mol. The molecule has 2 rings (SSSR count). The van der Waals surface area contributed by atoms with Crippen LogP contribution in [0.25, 0.3) is 0 Å². The average molecular weight is 262 g/mol. The first-order valence-corrected chi connectivity index (χ1v) is 6.44. The first kappa shape index (κ1) is 13.3. The lowest BCUT2D eigenvalue weighted by molar-refractivity contribution is -0.130. The normalized spacial score (nSPS) is 15.1. The minimum atomic E-state index is -0.578. The second-order valence-corrected chi connectivity index (χ2v) is 4.59. The number of hydrogen-bond donors (Lipinski definition) is 2. The molecular weight excluding hydrogens is 244 g/mol. The zero-order valence-electron chi connectivity index (χ0n) is 10.8. The smallest absolute Gasteiger partial charge is 0.267 e. The number of primary amides is 1. The van der Waals surface area contributed by atoms with Crippen LogP contribution in [0, 0.1) is 0 Å². The van der Waals surface area contributed by atoms with Gasteiger partial charge in [0, 0.05) is 25.0 Å². The number of carbonyl (C=O) groups excluding carboxylic acids is 2. The molecule has 1 fully saturated rings. The highest BCUT2D eigenvalue weighted by Gasteiger charge is 2.15. The van der Waals surface area contributed by atoms with E-state index in [4.69, 9.17) is 5.73 Å². The number of pyridine rings is 1. The molecule has 1 aliphatic rings. The van der Waals surface area contributed by atoms with Crippen molar-refractivity contribution in [3.05, 3.63) is 24.0 Å². The SMILES string of the molecule is NC(=O)c1cc(NCC(=O)N2CCCCC2)ccn1. The van der Waals surface area contributed by atoms with Gasteiger partial charge in [-0.1, -0.05) is 0 Å². The van der Waals surface area contributed by atoms with E-state index in [1.807, 2.05) is 4.90 Å². The number of nitrogens with two attached hydrogens (primary N) is 1. The monoisotopic (exact) mass is 262 g/mol. The van der Waals surface area contributed by atoms with Gasteiger partial charge in [0.1, 0.15) is 5.69 Å². The van der Waals surface area contributed by atoms with E-state index in [0.29, 0.717) is 5.69 Å². The van der Waals surface area contributed by atoms with E-state index in [1.54, 1.807) is 12.1 Å². The Morgan fingerprint density at radius 3 is 2.74 bits per heavy atom. The van der Waals surface area contributed by atoms with Crippen LogP contribution in [0.15, 0.2) is 18.3 Å². The van der Waals surface area contributed by atoms with Crippen molar-refractivity contribution in [1.29, 1.82) is 0 Å². The number of amides is 2. The van der Waals surface area contributed by atoms with Crippen molar-refractivity contribution < 1.29 is 9.59 Å². The lowest BCUT2D eigenvalue weighted by Crippen LogP contribution is -2.39. The Morgan fingerprint density at radius 1 is 1.32 bits per heavy atom. The molecule has 0 aliphatic carbocycles. The molecule has 1 aromatic heterocycles. The Bertz CT molecular complexity index is 469. The Balaban J connectivity index is 1.89. The van der Waals surface area contributed by atoms with Crippen molar-refractivity contribution >= 4 is 17.5 Å². The van der Waals surface area contributed by atoms with Gasteiger partial charge >= 0.3 is 0 Å². The van der Waals surface area contributed by atoms with E-state index in [0.717, 1.165) is 25.9 Å². The minimum absolute atomic E-state index is 0.0807. The van der Waals surface area contributed by atoms with Gasteiger partial charge in [0.2, 0.25) is 5.91 Å². The molecule has 0 bridgehead atoms. The van der Waals surface area contributed by atoms with Crippen molar-refractivity contribution in [2.75, 3.05) is 25.0 Å². The third-order valence-corrected chi connectivity index (χ3v) is 3.16. The van der Waals surface area contributed by atoms with Crippen molar-refractivity contribution in [2.24, 2.45) is 5.73 Å². The quantitative estimate of drug-likeness (QED) is 0.832. The van der Waals surface area contributed by atoms with E-state index in [1.165, 1.54) is 12.6 Å². The topological polar surface area (TPSA) is 88.3 Å². The van der Waals surface area contributed by atoms with Crippen molar-refractivity contribution in [3.8, 4) is 0 Å². The lowest BCUT2D eigenvalue weighted by atomic mass is 10.1. The third kappa shape index (κ3) is 3.67. The van der Waals surface area contributed by atoms with Crippen LogP contribution < -0.4 is 11.1 Å². The Morgan fingerprint density at radius 2 is 2.05 bits per heavy atom. The molecule has 6 nitrogen and oxygen atoms in total. The van der Waals surface area contributed by atoms with Crippen LogP contribution in [0.1, 0.15) is 29.8 Å². The van der Waals surface area contributed by atoms with Gasteiger partial charge in [0.15, 0.2) is 0 Å². The van der Waals surface area contributed by atoms with Crippen LogP contribution in [0.5, 0.6) is 0 Å². The van der Waals surface area contributed by atoms with Gasteiger partial charge in [-0.2, -0.15) is 0 Å². The summed E-state index contributed by atoms with van der Waals surface area (Å²) >= 11 is 0. The van der Waals surface area contributed by atoms with Gasteiger partial charge < -0.3 is 16.0 Å². The molecule has 2 amide bonds. The fourth-order valence-corrected chi connectivity index (χ4v) is 2.11. The zero-order valence-corrected chi connectivity index (χ0v) is 10.8. The standard InChI is InChI=1S/C13H18N4O2/c14-13(19)11-8-10(4-5-15-11)16-9-12(18)17-6-2-1-3-7-17/h4-5,8H,1-3,6-7,9H2,(H2,14,19)(H,15,16). The Labute approximate surface area is 112 Å².